The molecule has 0 heterocycles. The summed E-state index contributed by atoms with van der Waals surface area (Å²) < 4.78 is 5.91. The highest BCUT2D eigenvalue weighted by atomic mass is 35.5. The van der Waals surface area contributed by atoms with E-state index in [1.54, 1.807) is 0 Å². The standard InChI is InChI=1S/C25H28ClNO4/c1-15-10-18(17-6-8-19(26)9-7-17)11-16(2)22(15)23-20(28)12-25(3,4)13-21(23)31-14-27(5)24(29)30/h6-11H,12-14H2,1-5H3,(H,29,30). The average Bonchev–Trinajstić information content (AvgIpc) is 2.66. The number of allylic oxidation sites excluding steroid dienone is 2. The zero-order valence-electron chi connectivity index (χ0n) is 18.6. The van der Waals surface area contributed by atoms with Crippen LogP contribution in [0.25, 0.3) is 16.7 Å². The number of ketones is 1. The molecule has 3 rings (SSSR count). The maximum absolute atomic E-state index is 13.2. The second-order valence-electron chi connectivity index (χ2n) is 8.99. The van der Waals surface area contributed by atoms with E-state index in [0.29, 0.717) is 29.2 Å². The number of benzene rings is 2. The third-order valence-corrected chi connectivity index (χ3v) is 5.81. The van der Waals surface area contributed by atoms with Gasteiger partial charge in [0.2, 0.25) is 0 Å². The lowest BCUT2D eigenvalue weighted by Crippen LogP contribution is -2.31. The second kappa shape index (κ2) is 8.75. The van der Waals surface area contributed by atoms with Crippen LogP contribution in [-0.2, 0) is 9.53 Å². The number of halogens is 1. The van der Waals surface area contributed by atoms with E-state index in [9.17, 15) is 9.59 Å². The predicted molar refractivity (Wildman–Crippen MR) is 123 cm³/mol. The van der Waals surface area contributed by atoms with Crippen molar-refractivity contribution in [2.45, 2.75) is 40.5 Å². The van der Waals surface area contributed by atoms with Gasteiger partial charge in [0.25, 0.3) is 0 Å². The van der Waals surface area contributed by atoms with Gasteiger partial charge in [-0.3, -0.25) is 9.69 Å². The van der Waals surface area contributed by atoms with Crippen molar-refractivity contribution in [2.75, 3.05) is 13.8 Å². The van der Waals surface area contributed by atoms with Crippen LogP contribution in [0.15, 0.2) is 42.2 Å². The lowest BCUT2D eigenvalue weighted by molar-refractivity contribution is -0.116. The zero-order valence-corrected chi connectivity index (χ0v) is 19.3. The van der Waals surface area contributed by atoms with Crippen molar-refractivity contribution in [2.24, 2.45) is 5.41 Å². The van der Waals surface area contributed by atoms with Crippen molar-refractivity contribution in [1.82, 2.24) is 4.90 Å². The summed E-state index contributed by atoms with van der Waals surface area (Å²) in [6.45, 7) is 7.90. The van der Waals surface area contributed by atoms with Crippen LogP contribution < -0.4 is 0 Å². The predicted octanol–water partition coefficient (Wildman–Crippen LogP) is 6.31. The first kappa shape index (κ1) is 22.9. The molecule has 1 aliphatic rings. The van der Waals surface area contributed by atoms with Gasteiger partial charge in [-0.2, -0.15) is 0 Å². The summed E-state index contributed by atoms with van der Waals surface area (Å²) in [7, 11) is 1.44. The summed E-state index contributed by atoms with van der Waals surface area (Å²) in [6, 6.07) is 11.8. The summed E-state index contributed by atoms with van der Waals surface area (Å²) >= 11 is 6.02. The third-order valence-electron chi connectivity index (χ3n) is 5.56. The van der Waals surface area contributed by atoms with Gasteiger partial charge in [0.15, 0.2) is 12.5 Å². The van der Waals surface area contributed by atoms with Crippen LogP contribution in [0.1, 0.15) is 43.4 Å². The Morgan fingerprint density at radius 3 is 2.23 bits per heavy atom. The number of hydrogen-bond donors (Lipinski definition) is 1. The maximum Gasteiger partial charge on any atom is 0.409 e. The molecule has 2 aromatic rings. The molecule has 164 valence electrons. The van der Waals surface area contributed by atoms with Crippen molar-refractivity contribution >= 4 is 29.1 Å². The largest absolute Gasteiger partial charge is 0.476 e. The number of amides is 1. The molecule has 2 aromatic carbocycles. The number of aryl methyl sites for hydroxylation is 2. The molecule has 0 unspecified atom stereocenters. The minimum absolute atomic E-state index is 0.0228. The fourth-order valence-electron chi connectivity index (χ4n) is 4.06. The summed E-state index contributed by atoms with van der Waals surface area (Å²) in [5.41, 5.74) is 5.23. The quantitative estimate of drug-likeness (QED) is 0.552. The first-order valence-electron chi connectivity index (χ1n) is 10.2. The molecule has 0 radical (unpaired) electrons. The van der Waals surface area contributed by atoms with Gasteiger partial charge >= 0.3 is 6.09 Å². The summed E-state index contributed by atoms with van der Waals surface area (Å²) in [5, 5.41) is 9.83. The molecule has 31 heavy (non-hydrogen) atoms. The Kier molecular flexibility index (Phi) is 6.46. The number of carbonyl (C=O) groups is 2. The van der Waals surface area contributed by atoms with Gasteiger partial charge in [-0.05, 0) is 59.2 Å². The number of Topliss-reactive ketones (excluding diaryl/α,β-unsaturated/α-hetero) is 1. The molecule has 5 nitrogen and oxygen atoms in total. The molecule has 0 spiro atoms. The van der Waals surface area contributed by atoms with E-state index in [4.69, 9.17) is 21.4 Å². The van der Waals surface area contributed by atoms with Crippen LogP contribution in [-0.4, -0.2) is 35.7 Å². The number of carbonyl (C=O) groups excluding carboxylic acids is 1. The van der Waals surface area contributed by atoms with Gasteiger partial charge in [0, 0.05) is 24.9 Å². The summed E-state index contributed by atoms with van der Waals surface area (Å²) in [4.78, 5) is 25.4. The minimum Gasteiger partial charge on any atom is -0.476 e. The average molecular weight is 442 g/mol. The number of ether oxygens (including phenoxy) is 1. The maximum atomic E-state index is 13.2. The SMILES string of the molecule is Cc1cc(-c2ccc(Cl)cc2)cc(C)c1C1=C(OCN(C)C(=O)O)CC(C)(C)CC1=O. The van der Waals surface area contributed by atoms with E-state index in [-0.39, 0.29) is 17.9 Å². The van der Waals surface area contributed by atoms with Crippen LogP contribution in [0, 0.1) is 19.3 Å². The molecule has 0 atom stereocenters. The van der Waals surface area contributed by atoms with E-state index in [0.717, 1.165) is 32.7 Å². The highest BCUT2D eigenvalue weighted by Gasteiger charge is 2.36. The monoisotopic (exact) mass is 441 g/mol. The fourth-order valence-corrected chi connectivity index (χ4v) is 4.19. The fraction of sp³-hybridized carbons (Fsp3) is 0.360. The van der Waals surface area contributed by atoms with Gasteiger partial charge in [0.05, 0.1) is 5.57 Å². The lowest BCUT2D eigenvalue weighted by Gasteiger charge is -2.33. The normalized spacial score (nSPS) is 15.7. The third kappa shape index (κ3) is 5.10. The lowest BCUT2D eigenvalue weighted by atomic mass is 9.74. The Bertz CT molecular complexity index is 1030. The molecular weight excluding hydrogens is 414 g/mol. The number of hydrogen-bond acceptors (Lipinski definition) is 3. The van der Waals surface area contributed by atoms with E-state index in [2.05, 4.69) is 12.1 Å². The smallest absolute Gasteiger partial charge is 0.409 e. The molecule has 0 saturated heterocycles. The molecule has 0 aromatic heterocycles. The van der Waals surface area contributed by atoms with Crippen molar-refractivity contribution in [1.29, 1.82) is 0 Å². The molecule has 6 heteroatoms. The first-order chi connectivity index (χ1) is 14.5. The van der Waals surface area contributed by atoms with Crippen LogP contribution in [0.5, 0.6) is 0 Å². The number of carboxylic acid groups (broad SMARTS) is 1. The first-order valence-corrected chi connectivity index (χ1v) is 10.6. The van der Waals surface area contributed by atoms with Crippen molar-refractivity contribution in [3.05, 3.63) is 63.9 Å². The summed E-state index contributed by atoms with van der Waals surface area (Å²) in [6.07, 6.45) is -0.0931. The van der Waals surface area contributed by atoms with E-state index in [1.165, 1.54) is 7.05 Å². The second-order valence-corrected chi connectivity index (χ2v) is 9.42. The van der Waals surface area contributed by atoms with E-state index in [1.807, 2.05) is 52.0 Å². The Morgan fingerprint density at radius 1 is 1.10 bits per heavy atom. The van der Waals surface area contributed by atoms with Crippen molar-refractivity contribution < 1.29 is 19.4 Å². The molecule has 1 N–H and O–H groups in total. The Morgan fingerprint density at radius 2 is 1.68 bits per heavy atom. The molecule has 1 amide bonds. The Balaban J connectivity index is 2.08. The van der Waals surface area contributed by atoms with Crippen molar-refractivity contribution in [3.8, 4) is 11.1 Å². The van der Waals surface area contributed by atoms with Crippen molar-refractivity contribution in [3.63, 3.8) is 0 Å². The molecule has 1 aliphatic carbocycles. The van der Waals surface area contributed by atoms with Crippen LogP contribution in [0.2, 0.25) is 5.02 Å². The zero-order chi connectivity index (χ0) is 22.9. The molecule has 0 fully saturated rings. The molecule has 0 aliphatic heterocycles. The van der Waals surface area contributed by atoms with Gasteiger partial charge in [-0.1, -0.05) is 49.7 Å². The highest BCUT2D eigenvalue weighted by Crippen LogP contribution is 2.43. The van der Waals surface area contributed by atoms with Crippen LogP contribution in [0.4, 0.5) is 4.79 Å². The number of rotatable bonds is 5. The van der Waals surface area contributed by atoms with E-state index >= 15 is 0 Å². The van der Waals surface area contributed by atoms with Crippen LogP contribution in [0.3, 0.4) is 0 Å². The summed E-state index contributed by atoms with van der Waals surface area (Å²) in [5.74, 6) is 0.578. The highest BCUT2D eigenvalue weighted by molar-refractivity contribution is 6.30. The molecule has 0 bridgehead atoms. The topological polar surface area (TPSA) is 66.8 Å². The molecule has 0 saturated carbocycles. The van der Waals surface area contributed by atoms with Gasteiger partial charge in [0.1, 0.15) is 5.76 Å². The number of nitrogens with zero attached hydrogens (tertiary/aromatic N) is 1. The van der Waals surface area contributed by atoms with Gasteiger partial charge in [-0.15, -0.1) is 0 Å². The van der Waals surface area contributed by atoms with E-state index < -0.39 is 6.09 Å². The van der Waals surface area contributed by atoms with Gasteiger partial charge in [-0.25, -0.2) is 4.79 Å². The van der Waals surface area contributed by atoms with Gasteiger partial charge < -0.3 is 9.84 Å². The Hall–Kier alpha value is -2.79. The Labute approximate surface area is 188 Å². The minimum atomic E-state index is -1.08. The van der Waals surface area contributed by atoms with Crippen LogP contribution >= 0.6 is 11.6 Å². The molecular formula is C25H28ClNO4.